The van der Waals surface area contributed by atoms with Crippen molar-refractivity contribution in [3.8, 4) is 0 Å². The number of esters is 1. The van der Waals surface area contributed by atoms with Gasteiger partial charge in [0.2, 0.25) is 5.76 Å². The van der Waals surface area contributed by atoms with Crippen LogP contribution in [0, 0.1) is 0 Å². The van der Waals surface area contributed by atoms with Gasteiger partial charge in [-0.2, -0.15) is 0 Å². The van der Waals surface area contributed by atoms with Crippen LogP contribution in [-0.2, 0) is 4.74 Å². The van der Waals surface area contributed by atoms with Crippen LogP contribution in [0.2, 0.25) is 0 Å². The number of carbonyl (C=O) groups is 1. The molecule has 15 heavy (non-hydrogen) atoms. The van der Waals surface area contributed by atoms with Crippen LogP contribution < -0.4 is 5.73 Å². The van der Waals surface area contributed by atoms with Crippen LogP contribution in [0.3, 0.4) is 0 Å². The fraction of sp³-hybridized carbons (Fsp3) is 0.100. The van der Waals surface area contributed by atoms with Crippen LogP contribution in [0.5, 0.6) is 0 Å². The number of nitrogen functional groups attached to an aromatic ring is 1. The highest BCUT2D eigenvalue weighted by molar-refractivity contribution is 9.10. The van der Waals surface area contributed by atoms with E-state index in [1.54, 1.807) is 12.1 Å². The number of furan rings is 1. The summed E-state index contributed by atoms with van der Waals surface area (Å²) in [5.41, 5.74) is 6.65. The van der Waals surface area contributed by atoms with Crippen molar-refractivity contribution >= 4 is 38.6 Å². The largest absolute Gasteiger partial charge is 0.463 e. The highest BCUT2D eigenvalue weighted by Gasteiger charge is 2.20. The maximum Gasteiger partial charge on any atom is 0.376 e. The lowest BCUT2D eigenvalue weighted by molar-refractivity contribution is 0.0569. The van der Waals surface area contributed by atoms with Gasteiger partial charge in [-0.25, -0.2) is 4.79 Å². The van der Waals surface area contributed by atoms with Gasteiger partial charge in [0.05, 0.1) is 18.2 Å². The Kier molecular flexibility index (Phi) is 2.40. The Balaban J connectivity index is 2.75. The highest BCUT2D eigenvalue weighted by Crippen LogP contribution is 2.34. The minimum Gasteiger partial charge on any atom is -0.463 e. The summed E-state index contributed by atoms with van der Waals surface area (Å²) in [5, 5.41) is 0.693. The number of hydrogen-bond acceptors (Lipinski definition) is 4. The van der Waals surface area contributed by atoms with Crippen molar-refractivity contribution in [2.75, 3.05) is 12.8 Å². The second kappa shape index (κ2) is 3.58. The van der Waals surface area contributed by atoms with Gasteiger partial charge in [0.25, 0.3) is 0 Å². The zero-order valence-electron chi connectivity index (χ0n) is 7.91. The van der Waals surface area contributed by atoms with Gasteiger partial charge in [-0.1, -0.05) is 6.07 Å². The van der Waals surface area contributed by atoms with Gasteiger partial charge in [-0.05, 0) is 28.1 Å². The smallest absolute Gasteiger partial charge is 0.376 e. The molecule has 0 unspecified atom stereocenters. The molecule has 0 bridgehead atoms. The standard InChI is InChI=1S/C10H8BrNO3/c1-14-10(13)9-8(12)7-5(11)3-2-4-6(7)15-9/h2-4H,12H2,1H3. The van der Waals surface area contributed by atoms with E-state index in [4.69, 9.17) is 10.2 Å². The molecule has 0 aliphatic rings. The van der Waals surface area contributed by atoms with Crippen molar-refractivity contribution in [1.29, 1.82) is 0 Å². The number of rotatable bonds is 1. The number of hydrogen-bond donors (Lipinski definition) is 1. The second-order valence-corrected chi connectivity index (χ2v) is 3.80. The summed E-state index contributed by atoms with van der Waals surface area (Å²) in [6.07, 6.45) is 0. The van der Waals surface area contributed by atoms with E-state index in [0.717, 1.165) is 4.47 Å². The Morgan fingerprint density at radius 3 is 2.87 bits per heavy atom. The molecule has 1 aromatic carbocycles. The molecule has 0 spiro atoms. The molecule has 0 saturated carbocycles. The van der Waals surface area contributed by atoms with Crippen LogP contribution in [0.15, 0.2) is 27.1 Å². The van der Waals surface area contributed by atoms with E-state index in [0.29, 0.717) is 16.7 Å². The fourth-order valence-electron chi connectivity index (χ4n) is 1.37. The van der Waals surface area contributed by atoms with Gasteiger partial charge in [-0.15, -0.1) is 0 Å². The van der Waals surface area contributed by atoms with E-state index >= 15 is 0 Å². The Morgan fingerprint density at radius 2 is 2.27 bits per heavy atom. The lowest BCUT2D eigenvalue weighted by atomic mass is 10.2. The van der Waals surface area contributed by atoms with Crippen molar-refractivity contribution in [2.45, 2.75) is 0 Å². The van der Waals surface area contributed by atoms with Crippen LogP contribution in [-0.4, -0.2) is 13.1 Å². The normalized spacial score (nSPS) is 10.5. The number of fused-ring (bicyclic) bond motifs is 1. The van der Waals surface area contributed by atoms with Crippen LogP contribution in [0.4, 0.5) is 5.69 Å². The lowest BCUT2D eigenvalue weighted by Gasteiger charge is -1.95. The van der Waals surface area contributed by atoms with Crippen molar-refractivity contribution in [2.24, 2.45) is 0 Å². The summed E-state index contributed by atoms with van der Waals surface area (Å²) in [7, 11) is 1.28. The summed E-state index contributed by atoms with van der Waals surface area (Å²) in [5.74, 6) is -0.532. The minimum absolute atomic E-state index is 0.0411. The first kappa shape index (κ1) is 10.0. The molecule has 78 valence electrons. The maximum atomic E-state index is 11.3. The number of methoxy groups -OCH3 is 1. The predicted molar refractivity (Wildman–Crippen MR) is 59.7 cm³/mol. The van der Waals surface area contributed by atoms with E-state index in [-0.39, 0.29) is 5.76 Å². The molecular weight excluding hydrogens is 262 g/mol. The molecule has 0 amide bonds. The fourth-order valence-corrected chi connectivity index (χ4v) is 1.94. The minimum atomic E-state index is -0.574. The third kappa shape index (κ3) is 1.48. The van der Waals surface area contributed by atoms with E-state index < -0.39 is 5.97 Å². The summed E-state index contributed by atoms with van der Waals surface area (Å²) >= 11 is 3.34. The summed E-state index contributed by atoms with van der Waals surface area (Å²) in [6.45, 7) is 0. The monoisotopic (exact) mass is 269 g/mol. The molecule has 1 aromatic heterocycles. The zero-order valence-corrected chi connectivity index (χ0v) is 9.50. The molecule has 2 N–H and O–H groups in total. The Labute approximate surface area is 94.1 Å². The summed E-state index contributed by atoms with van der Waals surface area (Å²) in [4.78, 5) is 11.3. The van der Waals surface area contributed by atoms with Crippen molar-refractivity contribution in [1.82, 2.24) is 0 Å². The van der Waals surface area contributed by atoms with Gasteiger partial charge in [0.15, 0.2) is 0 Å². The van der Waals surface area contributed by atoms with E-state index in [1.807, 2.05) is 6.07 Å². The molecule has 5 heteroatoms. The van der Waals surface area contributed by atoms with Gasteiger partial charge >= 0.3 is 5.97 Å². The van der Waals surface area contributed by atoms with Gasteiger partial charge in [0, 0.05) is 4.47 Å². The third-order valence-electron chi connectivity index (χ3n) is 2.07. The molecule has 0 fully saturated rings. The Morgan fingerprint density at radius 1 is 1.53 bits per heavy atom. The molecule has 2 rings (SSSR count). The van der Waals surface area contributed by atoms with Gasteiger partial charge < -0.3 is 14.9 Å². The van der Waals surface area contributed by atoms with Crippen molar-refractivity contribution in [3.05, 3.63) is 28.4 Å². The van der Waals surface area contributed by atoms with Crippen molar-refractivity contribution < 1.29 is 13.9 Å². The Bertz CT molecular complexity index is 533. The van der Waals surface area contributed by atoms with Crippen LogP contribution >= 0.6 is 15.9 Å². The lowest BCUT2D eigenvalue weighted by Crippen LogP contribution is -2.02. The van der Waals surface area contributed by atoms with Crippen molar-refractivity contribution in [3.63, 3.8) is 0 Å². The molecule has 0 atom stereocenters. The first-order chi connectivity index (χ1) is 7.15. The number of benzene rings is 1. The number of halogens is 1. The van der Waals surface area contributed by atoms with Gasteiger partial charge in [0.1, 0.15) is 5.58 Å². The predicted octanol–water partition coefficient (Wildman–Crippen LogP) is 2.56. The topological polar surface area (TPSA) is 65.5 Å². The molecule has 1 heterocycles. The number of carbonyl (C=O) groups excluding carboxylic acids is 1. The van der Waals surface area contributed by atoms with Crippen LogP contribution in [0.1, 0.15) is 10.6 Å². The molecule has 0 aliphatic heterocycles. The zero-order chi connectivity index (χ0) is 11.0. The summed E-state index contributed by atoms with van der Waals surface area (Å²) in [6, 6.07) is 5.37. The SMILES string of the molecule is COC(=O)c1oc2cccc(Br)c2c1N. The third-order valence-corrected chi connectivity index (χ3v) is 2.73. The first-order valence-electron chi connectivity index (χ1n) is 4.20. The molecule has 0 saturated heterocycles. The first-order valence-corrected chi connectivity index (χ1v) is 4.99. The quantitative estimate of drug-likeness (QED) is 0.809. The second-order valence-electron chi connectivity index (χ2n) is 2.95. The molecule has 4 nitrogen and oxygen atoms in total. The van der Waals surface area contributed by atoms with E-state index in [9.17, 15) is 4.79 Å². The van der Waals surface area contributed by atoms with Crippen LogP contribution in [0.25, 0.3) is 11.0 Å². The highest BCUT2D eigenvalue weighted by atomic mass is 79.9. The molecule has 0 radical (unpaired) electrons. The molecule has 2 aromatic rings. The van der Waals surface area contributed by atoms with E-state index in [2.05, 4.69) is 20.7 Å². The Hall–Kier alpha value is -1.49. The molecule has 0 aliphatic carbocycles. The number of nitrogens with two attached hydrogens (primary N) is 1. The summed E-state index contributed by atoms with van der Waals surface area (Å²) < 4.78 is 10.6. The van der Waals surface area contributed by atoms with E-state index in [1.165, 1.54) is 7.11 Å². The number of anilines is 1. The average molecular weight is 270 g/mol. The number of ether oxygens (including phenoxy) is 1. The maximum absolute atomic E-state index is 11.3. The molecular formula is C10H8BrNO3. The average Bonchev–Trinajstić information content (AvgIpc) is 2.56. The van der Waals surface area contributed by atoms with Gasteiger partial charge in [-0.3, -0.25) is 0 Å².